The fourth-order valence-electron chi connectivity index (χ4n) is 2.97. The predicted molar refractivity (Wildman–Crippen MR) is 79.5 cm³/mol. The first-order valence-corrected chi connectivity index (χ1v) is 7.12. The van der Waals surface area contributed by atoms with Crippen LogP contribution < -0.4 is 10.5 Å². The fourth-order valence-corrected chi connectivity index (χ4v) is 2.97. The molecule has 0 saturated carbocycles. The molecule has 0 radical (unpaired) electrons. The number of rotatable bonds is 4. The van der Waals surface area contributed by atoms with Gasteiger partial charge in [0.2, 0.25) is 0 Å². The Balaban J connectivity index is 2.31. The average molecular weight is 262 g/mol. The lowest BCUT2D eigenvalue weighted by atomic mass is 9.86. The molecule has 2 rings (SSSR count). The Bertz CT molecular complexity index is 436. The molecule has 0 aliphatic carbocycles. The largest absolute Gasteiger partial charge is 0.496 e. The van der Waals surface area contributed by atoms with Gasteiger partial charge in [-0.05, 0) is 52.8 Å². The van der Waals surface area contributed by atoms with Crippen LogP contribution in [0.5, 0.6) is 5.75 Å². The Morgan fingerprint density at radius 3 is 2.47 bits per heavy atom. The van der Waals surface area contributed by atoms with E-state index in [0.29, 0.717) is 0 Å². The second kappa shape index (κ2) is 5.51. The van der Waals surface area contributed by atoms with Gasteiger partial charge in [-0.1, -0.05) is 17.7 Å². The highest BCUT2D eigenvalue weighted by Gasteiger charge is 2.36. The van der Waals surface area contributed by atoms with Crippen molar-refractivity contribution >= 4 is 0 Å². The Labute approximate surface area is 116 Å². The zero-order valence-electron chi connectivity index (χ0n) is 12.6. The molecule has 0 amide bonds. The number of benzene rings is 1. The number of likely N-dealkylation sites (tertiary alicyclic amines) is 1. The first-order valence-electron chi connectivity index (χ1n) is 7.12. The number of nitrogens with zero attached hydrogens (tertiary/aromatic N) is 1. The van der Waals surface area contributed by atoms with Crippen LogP contribution in [-0.2, 0) is 0 Å². The van der Waals surface area contributed by atoms with E-state index in [1.165, 1.54) is 18.4 Å². The zero-order valence-corrected chi connectivity index (χ0v) is 12.6. The van der Waals surface area contributed by atoms with Crippen molar-refractivity contribution in [3.63, 3.8) is 0 Å². The fraction of sp³-hybridized carbons (Fsp3) is 0.625. The monoisotopic (exact) mass is 262 g/mol. The van der Waals surface area contributed by atoms with Crippen LogP contribution in [-0.4, -0.2) is 30.6 Å². The van der Waals surface area contributed by atoms with Crippen LogP contribution in [0.4, 0.5) is 0 Å². The predicted octanol–water partition coefficient (Wildman–Crippen LogP) is 2.88. The summed E-state index contributed by atoms with van der Waals surface area (Å²) >= 11 is 0. The highest BCUT2D eigenvalue weighted by Crippen LogP contribution is 2.36. The lowest BCUT2D eigenvalue weighted by Gasteiger charge is -2.41. The molecule has 1 aromatic rings. The van der Waals surface area contributed by atoms with Crippen LogP contribution >= 0.6 is 0 Å². The second-order valence-electron chi connectivity index (χ2n) is 6.07. The lowest BCUT2D eigenvalue weighted by molar-refractivity contribution is 0.123. The van der Waals surface area contributed by atoms with Crippen molar-refractivity contribution in [2.75, 3.05) is 20.2 Å². The van der Waals surface area contributed by atoms with Crippen molar-refractivity contribution in [1.29, 1.82) is 0 Å². The number of ether oxygens (including phenoxy) is 1. The van der Waals surface area contributed by atoms with E-state index in [2.05, 4.69) is 37.8 Å². The summed E-state index contributed by atoms with van der Waals surface area (Å²) < 4.78 is 5.48. The first-order chi connectivity index (χ1) is 8.96. The molecule has 1 unspecified atom stereocenters. The molecule has 1 heterocycles. The van der Waals surface area contributed by atoms with Crippen LogP contribution in [0.25, 0.3) is 0 Å². The van der Waals surface area contributed by atoms with Gasteiger partial charge in [-0.3, -0.25) is 4.90 Å². The van der Waals surface area contributed by atoms with Gasteiger partial charge in [-0.25, -0.2) is 0 Å². The quantitative estimate of drug-likeness (QED) is 0.906. The van der Waals surface area contributed by atoms with Gasteiger partial charge in [0.05, 0.1) is 13.2 Å². The number of methoxy groups -OCH3 is 1. The molecule has 106 valence electrons. The van der Waals surface area contributed by atoms with Crippen molar-refractivity contribution < 1.29 is 4.74 Å². The Kier molecular flexibility index (Phi) is 4.16. The molecule has 3 heteroatoms. The van der Waals surface area contributed by atoms with E-state index in [1.54, 1.807) is 7.11 Å². The van der Waals surface area contributed by atoms with Crippen LogP contribution in [0.2, 0.25) is 0 Å². The van der Waals surface area contributed by atoms with Gasteiger partial charge in [0.25, 0.3) is 0 Å². The van der Waals surface area contributed by atoms with Crippen molar-refractivity contribution in [2.45, 2.75) is 45.2 Å². The Morgan fingerprint density at radius 2 is 1.89 bits per heavy atom. The minimum absolute atomic E-state index is 0.0413. The molecule has 19 heavy (non-hydrogen) atoms. The zero-order chi connectivity index (χ0) is 14.0. The molecule has 1 saturated heterocycles. The average Bonchev–Trinajstić information content (AvgIpc) is 2.92. The van der Waals surface area contributed by atoms with E-state index in [1.807, 2.05) is 6.07 Å². The molecule has 1 atom stereocenters. The van der Waals surface area contributed by atoms with E-state index < -0.39 is 0 Å². The number of aryl methyl sites for hydroxylation is 1. The lowest BCUT2D eigenvalue weighted by Crippen LogP contribution is -2.50. The SMILES string of the molecule is COc1ccc(C)cc1C(N)C(C)(C)N1CCCC1. The maximum Gasteiger partial charge on any atom is 0.123 e. The van der Waals surface area contributed by atoms with E-state index >= 15 is 0 Å². The maximum absolute atomic E-state index is 6.58. The van der Waals surface area contributed by atoms with Crippen LogP contribution in [0.1, 0.15) is 43.9 Å². The summed E-state index contributed by atoms with van der Waals surface area (Å²) in [5, 5.41) is 0. The van der Waals surface area contributed by atoms with Crippen LogP contribution in [0.15, 0.2) is 18.2 Å². The molecule has 0 spiro atoms. The van der Waals surface area contributed by atoms with Gasteiger partial charge >= 0.3 is 0 Å². The smallest absolute Gasteiger partial charge is 0.123 e. The van der Waals surface area contributed by atoms with Gasteiger partial charge in [0.15, 0.2) is 0 Å². The summed E-state index contributed by atoms with van der Waals surface area (Å²) in [7, 11) is 1.71. The van der Waals surface area contributed by atoms with Gasteiger partial charge < -0.3 is 10.5 Å². The minimum atomic E-state index is -0.0441. The third-order valence-electron chi connectivity index (χ3n) is 4.40. The summed E-state index contributed by atoms with van der Waals surface area (Å²) in [4.78, 5) is 2.50. The molecule has 2 N–H and O–H groups in total. The molecular formula is C16H26N2O. The van der Waals surface area contributed by atoms with Gasteiger partial charge in [0, 0.05) is 11.1 Å². The van der Waals surface area contributed by atoms with Gasteiger partial charge in [0.1, 0.15) is 5.75 Å². The van der Waals surface area contributed by atoms with E-state index in [4.69, 9.17) is 10.5 Å². The molecule has 1 aromatic carbocycles. The van der Waals surface area contributed by atoms with Crippen molar-refractivity contribution in [2.24, 2.45) is 5.73 Å². The Morgan fingerprint density at radius 1 is 1.26 bits per heavy atom. The summed E-state index contributed by atoms with van der Waals surface area (Å²) in [5.41, 5.74) is 8.87. The van der Waals surface area contributed by atoms with Crippen molar-refractivity contribution in [3.05, 3.63) is 29.3 Å². The Hall–Kier alpha value is -1.06. The molecule has 3 nitrogen and oxygen atoms in total. The topological polar surface area (TPSA) is 38.5 Å². The highest BCUT2D eigenvalue weighted by molar-refractivity contribution is 5.40. The van der Waals surface area contributed by atoms with Crippen LogP contribution in [0, 0.1) is 6.92 Å². The van der Waals surface area contributed by atoms with Gasteiger partial charge in [-0.15, -0.1) is 0 Å². The van der Waals surface area contributed by atoms with Gasteiger partial charge in [-0.2, -0.15) is 0 Å². The second-order valence-corrected chi connectivity index (χ2v) is 6.07. The first kappa shape index (κ1) is 14.4. The minimum Gasteiger partial charge on any atom is -0.496 e. The number of hydrogen-bond acceptors (Lipinski definition) is 3. The van der Waals surface area contributed by atoms with E-state index in [-0.39, 0.29) is 11.6 Å². The normalized spacial score (nSPS) is 18.6. The standard InChI is InChI=1S/C16H26N2O/c1-12-7-8-14(19-4)13(11-12)15(17)16(2,3)18-9-5-6-10-18/h7-8,11,15H,5-6,9-10,17H2,1-4H3. The third-order valence-corrected chi connectivity index (χ3v) is 4.40. The maximum atomic E-state index is 6.58. The molecule has 1 aliphatic rings. The highest BCUT2D eigenvalue weighted by atomic mass is 16.5. The molecule has 1 fully saturated rings. The summed E-state index contributed by atoms with van der Waals surface area (Å²) in [6, 6.07) is 6.20. The summed E-state index contributed by atoms with van der Waals surface area (Å²) in [6.07, 6.45) is 2.56. The summed E-state index contributed by atoms with van der Waals surface area (Å²) in [5.74, 6) is 0.894. The van der Waals surface area contributed by atoms with Crippen molar-refractivity contribution in [1.82, 2.24) is 4.90 Å². The molecule has 1 aliphatic heterocycles. The molecule has 0 aromatic heterocycles. The molecule has 0 bridgehead atoms. The third kappa shape index (κ3) is 2.77. The van der Waals surface area contributed by atoms with E-state index in [9.17, 15) is 0 Å². The molecular weight excluding hydrogens is 236 g/mol. The van der Waals surface area contributed by atoms with Crippen molar-refractivity contribution in [3.8, 4) is 5.75 Å². The number of hydrogen-bond donors (Lipinski definition) is 1. The number of nitrogens with two attached hydrogens (primary N) is 1. The van der Waals surface area contributed by atoms with E-state index in [0.717, 1.165) is 24.4 Å². The van der Waals surface area contributed by atoms with Crippen LogP contribution in [0.3, 0.4) is 0 Å². The summed E-state index contributed by atoms with van der Waals surface area (Å²) in [6.45, 7) is 8.87.